The van der Waals surface area contributed by atoms with Crippen LogP contribution in [-0.2, 0) is 4.79 Å². The molecule has 1 heterocycles. The van der Waals surface area contributed by atoms with Gasteiger partial charge in [0.2, 0.25) is 5.91 Å². The third-order valence-electron chi connectivity index (χ3n) is 4.08. The Kier molecular flexibility index (Phi) is 4.10. The fourth-order valence-corrected chi connectivity index (χ4v) is 2.80. The van der Waals surface area contributed by atoms with E-state index in [1.807, 2.05) is 6.07 Å². The third-order valence-corrected chi connectivity index (χ3v) is 4.08. The van der Waals surface area contributed by atoms with Crippen molar-refractivity contribution in [3.05, 3.63) is 66.0 Å². The predicted octanol–water partition coefficient (Wildman–Crippen LogP) is 2.70. The van der Waals surface area contributed by atoms with Crippen molar-refractivity contribution in [1.29, 1.82) is 0 Å². The van der Waals surface area contributed by atoms with Crippen LogP contribution in [0.4, 0.5) is 10.1 Å². The maximum atomic E-state index is 13.9. The number of benzene rings is 2. The molecule has 1 aliphatic rings. The zero-order valence-corrected chi connectivity index (χ0v) is 12.8. The predicted molar refractivity (Wildman–Crippen MR) is 85.7 cm³/mol. The highest BCUT2D eigenvalue weighted by atomic mass is 19.1. The van der Waals surface area contributed by atoms with Crippen LogP contribution >= 0.6 is 0 Å². The van der Waals surface area contributed by atoms with Crippen LogP contribution in [0.15, 0.2) is 54.6 Å². The molecule has 23 heavy (non-hydrogen) atoms. The van der Waals surface area contributed by atoms with Gasteiger partial charge in [-0.25, -0.2) is 4.39 Å². The number of hydrogen-bond acceptors (Lipinski definition) is 2. The minimum absolute atomic E-state index is 0.181. The van der Waals surface area contributed by atoms with Gasteiger partial charge < -0.3 is 9.80 Å². The summed E-state index contributed by atoms with van der Waals surface area (Å²) in [7, 11) is 0. The molecule has 2 amide bonds. The van der Waals surface area contributed by atoms with Crippen molar-refractivity contribution in [2.24, 2.45) is 0 Å². The van der Waals surface area contributed by atoms with Crippen molar-refractivity contribution in [2.45, 2.75) is 13.0 Å². The third kappa shape index (κ3) is 2.82. The molecule has 1 fully saturated rings. The van der Waals surface area contributed by atoms with Crippen molar-refractivity contribution >= 4 is 17.5 Å². The molecule has 2 aromatic carbocycles. The lowest BCUT2D eigenvalue weighted by Crippen LogP contribution is -2.58. The molecule has 1 saturated heterocycles. The molecule has 5 heteroatoms. The highest BCUT2D eigenvalue weighted by Crippen LogP contribution is 2.24. The molecule has 1 aliphatic heterocycles. The molecule has 118 valence electrons. The fraction of sp³-hybridized carbons (Fsp3) is 0.222. The number of piperazine rings is 1. The van der Waals surface area contributed by atoms with Crippen LogP contribution in [0, 0.1) is 5.82 Å². The van der Waals surface area contributed by atoms with Crippen LogP contribution in [0.1, 0.15) is 17.3 Å². The van der Waals surface area contributed by atoms with Crippen LogP contribution in [0.25, 0.3) is 0 Å². The Morgan fingerprint density at radius 2 is 1.70 bits per heavy atom. The number of amides is 2. The number of nitrogens with zero attached hydrogens (tertiary/aromatic N) is 2. The van der Waals surface area contributed by atoms with Gasteiger partial charge in [-0.2, -0.15) is 0 Å². The minimum Gasteiger partial charge on any atom is -0.325 e. The van der Waals surface area contributed by atoms with Gasteiger partial charge in [-0.1, -0.05) is 30.3 Å². The van der Waals surface area contributed by atoms with E-state index in [4.69, 9.17) is 0 Å². The number of rotatable bonds is 2. The maximum absolute atomic E-state index is 13.9. The van der Waals surface area contributed by atoms with E-state index in [2.05, 4.69) is 0 Å². The van der Waals surface area contributed by atoms with E-state index < -0.39 is 11.9 Å². The van der Waals surface area contributed by atoms with E-state index >= 15 is 0 Å². The topological polar surface area (TPSA) is 40.6 Å². The lowest BCUT2D eigenvalue weighted by Gasteiger charge is -2.39. The van der Waals surface area contributed by atoms with E-state index in [1.54, 1.807) is 49.4 Å². The number of para-hydroxylation sites is 1. The Bertz CT molecular complexity index is 733. The number of carbonyl (C=O) groups excluding carboxylic acids is 2. The molecule has 0 N–H and O–H groups in total. The van der Waals surface area contributed by atoms with Crippen molar-refractivity contribution in [1.82, 2.24) is 4.90 Å². The zero-order chi connectivity index (χ0) is 16.4. The lowest BCUT2D eigenvalue weighted by atomic mass is 10.1. The quantitative estimate of drug-likeness (QED) is 0.855. The molecule has 0 aliphatic carbocycles. The highest BCUT2D eigenvalue weighted by molar-refractivity contribution is 6.03. The van der Waals surface area contributed by atoms with Gasteiger partial charge in [0.05, 0.1) is 5.69 Å². The van der Waals surface area contributed by atoms with Crippen LogP contribution in [0.2, 0.25) is 0 Å². The van der Waals surface area contributed by atoms with E-state index in [1.165, 1.54) is 15.9 Å². The smallest absolute Gasteiger partial charge is 0.254 e. The second-order valence-electron chi connectivity index (χ2n) is 5.48. The zero-order valence-electron chi connectivity index (χ0n) is 12.8. The van der Waals surface area contributed by atoms with Crippen LogP contribution in [0.3, 0.4) is 0 Å². The van der Waals surface area contributed by atoms with Gasteiger partial charge in [0.25, 0.3) is 5.91 Å². The summed E-state index contributed by atoms with van der Waals surface area (Å²) >= 11 is 0. The summed E-state index contributed by atoms with van der Waals surface area (Å²) in [6.07, 6.45) is 0. The van der Waals surface area contributed by atoms with E-state index in [0.29, 0.717) is 12.1 Å². The van der Waals surface area contributed by atoms with Gasteiger partial charge >= 0.3 is 0 Å². The molecule has 1 unspecified atom stereocenters. The van der Waals surface area contributed by atoms with E-state index in [9.17, 15) is 14.0 Å². The molecular weight excluding hydrogens is 295 g/mol. The van der Waals surface area contributed by atoms with E-state index in [0.717, 1.165) is 0 Å². The minimum atomic E-state index is -0.629. The van der Waals surface area contributed by atoms with E-state index in [-0.39, 0.29) is 24.0 Å². The van der Waals surface area contributed by atoms with Gasteiger partial charge in [0, 0.05) is 18.7 Å². The standard InChI is InChI=1S/C18H17FN2O2/c1-13-17(22)21(16-10-6-5-9-15(16)19)12-11-20(13)18(23)14-7-3-2-4-8-14/h2-10,13H,11-12H2,1H3. The van der Waals surface area contributed by atoms with Crippen LogP contribution in [0.5, 0.6) is 0 Å². The Labute approximate surface area is 134 Å². The molecule has 0 bridgehead atoms. The molecule has 3 rings (SSSR count). The van der Waals surface area contributed by atoms with Gasteiger partial charge in [-0.3, -0.25) is 9.59 Å². The Morgan fingerprint density at radius 1 is 1.04 bits per heavy atom. The fourth-order valence-electron chi connectivity index (χ4n) is 2.80. The first-order valence-electron chi connectivity index (χ1n) is 7.51. The Hall–Kier alpha value is -2.69. The SMILES string of the molecule is CC1C(=O)N(c2ccccc2F)CCN1C(=O)c1ccccc1. The first-order chi connectivity index (χ1) is 11.1. The summed E-state index contributed by atoms with van der Waals surface area (Å²) in [4.78, 5) is 28.1. The summed E-state index contributed by atoms with van der Waals surface area (Å²) in [6.45, 7) is 2.33. The Balaban J connectivity index is 1.82. The first kappa shape index (κ1) is 15.2. The molecule has 0 saturated carbocycles. The molecule has 1 atom stereocenters. The number of hydrogen-bond donors (Lipinski definition) is 0. The Morgan fingerprint density at radius 3 is 2.39 bits per heavy atom. The van der Waals surface area contributed by atoms with Crippen molar-refractivity contribution < 1.29 is 14.0 Å². The van der Waals surface area contributed by atoms with Gasteiger partial charge in [0.1, 0.15) is 11.9 Å². The number of halogens is 1. The maximum Gasteiger partial charge on any atom is 0.254 e. The van der Waals surface area contributed by atoms with Crippen molar-refractivity contribution in [2.75, 3.05) is 18.0 Å². The van der Waals surface area contributed by atoms with Gasteiger partial charge in [-0.15, -0.1) is 0 Å². The second kappa shape index (κ2) is 6.20. The summed E-state index contributed by atoms with van der Waals surface area (Å²) in [5, 5.41) is 0. The average Bonchev–Trinajstić information content (AvgIpc) is 2.58. The van der Waals surface area contributed by atoms with Crippen LogP contribution in [-0.4, -0.2) is 35.8 Å². The average molecular weight is 312 g/mol. The molecular formula is C18H17FN2O2. The highest BCUT2D eigenvalue weighted by Gasteiger charge is 2.36. The summed E-state index contributed by atoms with van der Waals surface area (Å²) in [5.41, 5.74) is 0.808. The summed E-state index contributed by atoms with van der Waals surface area (Å²) in [6, 6.07) is 14.4. The molecule has 4 nitrogen and oxygen atoms in total. The van der Waals surface area contributed by atoms with Crippen molar-refractivity contribution in [3.63, 3.8) is 0 Å². The number of carbonyl (C=O) groups is 2. The monoisotopic (exact) mass is 312 g/mol. The number of anilines is 1. The molecule has 0 aromatic heterocycles. The van der Waals surface area contributed by atoms with Crippen LogP contribution < -0.4 is 4.90 Å². The largest absolute Gasteiger partial charge is 0.325 e. The molecule has 0 radical (unpaired) electrons. The summed E-state index contributed by atoms with van der Waals surface area (Å²) in [5.74, 6) is -0.888. The molecule has 0 spiro atoms. The van der Waals surface area contributed by atoms with Gasteiger partial charge in [0.15, 0.2) is 0 Å². The van der Waals surface area contributed by atoms with Gasteiger partial charge in [-0.05, 0) is 31.2 Å². The first-order valence-corrected chi connectivity index (χ1v) is 7.51. The van der Waals surface area contributed by atoms with Crippen molar-refractivity contribution in [3.8, 4) is 0 Å². The lowest BCUT2D eigenvalue weighted by molar-refractivity contribution is -0.124. The normalized spacial score (nSPS) is 18.2. The second-order valence-corrected chi connectivity index (χ2v) is 5.48. The summed E-state index contributed by atoms with van der Waals surface area (Å²) < 4.78 is 13.9. The molecule has 2 aromatic rings.